The summed E-state index contributed by atoms with van der Waals surface area (Å²) in [4.78, 5) is 11.7. The standard InChI is InChI=1S/C14H25NO3/c1-14(2,3)18-13(17)15-11-6-9-4-5-12(16)8-10(9)7-11/h9-12,16H,4-8H2,1-3H3,(H,15,17)/t9-,10+,11+,12-/m0/s1. The highest BCUT2D eigenvalue weighted by Gasteiger charge is 2.39. The third-order valence-electron chi connectivity index (χ3n) is 4.01. The van der Waals surface area contributed by atoms with Gasteiger partial charge in [-0.2, -0.15) is 0 Å². The van der Waals surface area contributed by atoms with Crippen LogP contribution in [-0.4, -0.2) is 28.9 Å². The minimum Gasteiger partial charge on any atom is -0.444 e. The van der Waals surface area contributed by atoms with Crippen LogP contribution in [0.1, 0.15) is 52.9 Å². The Labute approximate surface area is 109 Å². The summed E-state index contributed by atoms with van der Waals surface area (Å²) in [6.07, 6.45) is 4.49. The van der Waals surface area contributed by atoms with Gasteiger partial charge < -0.3 is 15.2 Å². The minimum absolute atomic E-state index is 0.133. The van der Waals surface area contributed by atoms with Gasteiger partial charge in [0.2, 0.25) is 0 Å². The summed E-state index contributed by atoms with van der Waals surface area (Å²) in [5, 5.41) is 12.6. The fourth-order valence-corrected chi connectivity index (χ4v) is 3.32. The fourth-order valence-electron chi connectivity index (χ4n) is 3.32. The molecule has 18 heavy (non-hydrogen) atoms. The molecule has 2 fully saturated rings. The minimum atomic E-state index is -0.439. The van der Waals surface area contributed by atoms with Gasteiger partial charge in [0.05, 0.1) is 6.10 Å². The van der Waals surface area contributed by atoms with Crippen molar-refractivity contribution < 1.29 is 14.6 Å². The van der Waals surface area contributed by atoms with E-state index in [2.05, 4.69) is 5.32 Å². The Kier molecular flexibility index (Phi) is 3.85. The predicted molar refractivity (Wildman–Crippen MR) is 69.2 cm³/mol. The molecule has 2 aliphatic carbocycles. The molecular formula is C14H25NO3. The Morgan fingerprint density at radius 3 is 2.50 bits per heavy atom. The molecule has 0 saturated heterocycles. The van der Waals surface area contributed by atoms with Crippen molar-refractivity contribution in [3.05, 3.63) is 0 Å². The summed E-state index contributed by atoms with van der Waals surface area (Å²) in [5.74, 6) is 1.25. The lowest BCUT2D eigenvalue weighted by Crippen LogP contribution is -2.38. The molecular weight excluding hydrogens is 230 g/mol. The molecule has 2 N–H and O–H groups in total. The van der Waals surface area contributed by atoms with E-state index in [-0.39, 0.29) is 18.2 Å². The number of hydrogen-bond acceptors (Lipinski definition) is 3. The van der Waals surface area contributed by atoms with E-state index >= 15 is 0 Å². The molecule has 0 radical (unpaired) electrons. The molecule has 0 heterocycles. The lowest BCUT2D eigenvalue weighted by molar-refractivity contribution is 0.0504. The molecule has 4 atom stereocenters. The van der Waals surface area contributed by atoms with Crippen molar-refractivity contribution in [2.45, 2.75) is 70.6 Å². The second kappa shape index (κ2) is 5.08. The molecule has 0 unspecified atom stereocenters. The fraction of sp³-hybridized carbons (Fsp3) is 0.929. The van der Waals surface area contributed by atoms with Crippen LogP contribution in [-0.2, 0) is 4.74 Å². The maximum atomic E-state index is 11.7. The summed E-state index contributed by atoms with van der Waals surface area (Å²) >= 11 is 0. The SMILES string of the molecule is CC(C)(C)OC(=O)N[C@@H]1C[C@@H]2CC[C@H](O)C[C@H]2C1. The van der Waals surface area contributed by atoms with Gasteiger partial charge in [-0.05, 0) is 64.7 Å². The summed E-state index contributed by atoms with van der Waals surface area (Å²) in [6, 6.07) is 0.222. The van der Waals surface area contributed by atoms with E-state index in [0.717, 1.165) is 32.1 Å². The molecule has 0 bridgehead atoms. The predicted octanol–water partition coefficient (Wildman–Crippen LogP) is 2.45. The second-order valence-electron chi connectivity index (χ2n) is 6.80. The number of amides is 1. The van der Waals surface area contributed by atoms with Crippen molar-refractivity contribution in [3.8, 4) is 0 Å². The van der Waals surface area contributed by atoms with E-state index in [0.29, 0.717) is 11.8 Å². The van der Waals surface area contributed by atoms with Crippen molar-refractivity contribution in [2.75, 3.05) is 0 Å². The topological polar surface area (TPSA) is 58.6 Å². The van der Waals surface area contributed by atoms with E-state index in [1.165, 1.54) is 0 Å². The molecule has 0 aromatic carbocycles. The number of aliphatic hydroxyl groups excluding tert-OH is 1. The third-order valence-corrected chi connectivity index (χ3v) is 4.01. The molecule has 0 aromatic rings. The van der Waals surface area contributed by atoms with Gasteiger partial charge in [0.15, 0.2) is 0 Å². The van der Waals surface area contributed by atoms with E-state index in [1.54, 1.807) is 0 Å². The molecule has 4 heteroatoms. The van der Waals surface area contributed by atoms with Crippen molar-refractivity contribution in [3.63, 3.8) is 0 Å². The largest absolute Gasteiger partial charge is 0.444 e. The van der Waals surface area contributed by atoms with Crippen molar-refractivity contribution in [1.29, 1.82) is 0 Å². The number of ether oxygens (including phenoxy) is 1. The zero-order chi connectivity index (χ0) is 13.3. The van der Waals surface area contributed by atoms with Gasteiger partial charge in [0.1, 0.15) is 5.60 Å². The maximum absolute atomic E-state index is 11.7. The van der Waals surface area contributed by atoms with E-state index in [1.807, 2.05) is 20.8 Å². The molecule has 0 spiro atoms. The maximum Gasteiger partial charge on any atom is 0.407 e. The normalized spacial score (nSPS) is 36.0. The van der Waals surface area contributed by atoms with Crippen LogP contribution >= 0.6 is 0 Å². The number of carbonyl (C=O) groups excluding carboxylic acids is 1. The first-order valence-corrected chi connectivity index (χ1v) is 7.01. The van der Waals surface area contributed by atoms with Gasteiger partial charge in [0.25, 0.3) is 0 Å². The molecule has 2 aliphatic rings. The molecule has 104 valence electrons. The highest BCUT2D eigenvalue weighted by atomic mass is 16.6. The number of rotatable bonds is 1. The van der Waals surface area contributed by atoms with Crippen LogP contribution in [0.4, 0.5) is 4.79 Å². The average molecular weight is 255 g/mol. The molecule has 2 rings (SSSR count). The summed E-state index contributed by atoms with van der Waals surface area (Å²) in [6.45, 7) is 5.62. The lowest BCUT2D eigenvalue weighted by atomic mass is 9.80. The Morgan fingerprint density at radius 1 is 1.17 bits per heavy atom. The van der Waals surface area contributed by atoms with Crippen LogP contribution in [0.25, 0.3) is 0 Å². The van der Waals surface area contributed by atoms with Gasteiger partial charge in [-0.1, -0.05) is 0 Å². The van der Waals surface area contributed by atoms with Gasteiger partial charge in [-0.15, -0.1) is 0 Å². The monoisotopic (exact) mass is 255 g/mol. The Bertz CT molecular complexity index is 311. The lowest BCUT2D eigenvalue weighted by Gasteiger charge is -2.28. The molecule has 2 saturated carbocycles. The van der Waals surface area contributed by atoms with Crippen molar-refractivity contribution in [1.82, 2.24) is 5.32 Å². The zero-order valence-electron chi connectivity index (χ0n) is 11.6. The molecule has 1 amide bonds. The van der Waals surface area contributed by atoms with Crippen molar-refractivity contribution >= 4 is 6.09 Å². The number of carbonyl (C=O) groups is 1. The zero-order valence-corrected chi connectivity index (χ0v) is 11.6. The third kappa shape index (κ3) is 3.61. The number of fused-ring (bicyclic) bond motifs is 1. The van der Waals surface area contributed by atoms with Crippen LogP contribution in [0.5, 0.6) is 0 Å². The van der Waals surface area contributed by atoms with Crippen LogP contribution < -0.4 is 5.32 Å². The summed E-state index contributed by atoms with van der Waals surface area (Å²) in [7, 11) is 0. The van der Waals surface area contributed by atoms with E-state index in [9.17, 15) is 9.90 Å². The van der Waals surface area contributed by atoms with Crippen LogP contribution in [0.15, 0.2) is 0 Å². The van der Waals surface area contributed by atoms with E-state index < -0.39 is 5.60 Å². The smallest absolute Gasteiger partial charge is 0.407 e. The number of aliphatic hydroxyl groups is 1. The first-order chi connectivity index (χ1) is 8.33. The van der Waals surface area contributed by atoms with Gasteiger partial charge in [-0.25, -0.2) is 4.79 Å². The second-order valence-corrected chi connectivity index (χ2v) is 6.80. The number of hydrogen-bond donors (Lipinski definition) is 2. The number of alkyl carbamates (subject to hydrolysis) is 1. The van der Waals surface area contributed by atoms with Gasteiger partial charge in [-0.3, -0.25) is 0 Å². The Hall–Kier alpha value is -0.770. The first-order valence-electron chi connectivity index (χ1n) is 7.01. The summed E-state index contributed by atoms with van der Waals surface area (Å²) in [5.41, 5.74) is -0.439. The molecule has 0 aliphatic heterocycles. The first kappa shape index (κ1) is 13.7. The highest BCUT2D eigenvalue weighted by molar-refractivity contribution is 5.68. The van der Waals surface area contributed by atoms with Gasteiger partial charge >= 0.3 is 6.09 Å². The van der Waals surface area contributed by atoms with Crippen LogP contribution in [0.3, 0.4) is 0 Å². The highest BCUT2D eigenvalue weighted by Crippen LogP contribution is 2.42. The van der Waals surface area contributed by atoms with Crippen molar-refractivity contribution in [2.24, 2.45) is 11.8 Å². The Morgan fingerprint density at radius 2 is 1.83 bits per heavy atom. The summed E-state index contributed by atoms with van der Waals surface area (Å²) < 4.78 is 5.27. The van der Waals surface area contributed by atoms with Gasteiger partial charge in [0, 0.05) is 6.04 Å². The number of nitrogens with one attached hydrogen (secondary N) is 1. The van der Waals surface area contributed by atoms with Crippen LogP contribution in [0.2, 0.25) is 0 Å². The quantitative estimate of drug-likeness (QED) is 0.756. The van der Waals surface area contributed by atoms with E-state index in [4.69, 9.17) is 4.74 Å². The molecule has 0 aromatic heterocycles. The average Bonchev–Trinajstić information content (AvgIpc) is 2.55. The van der Waals surface area contributed by atoms with Crippen LogP contribution in [0, 0.1) is 11.8 Å². The Balaban J connectivity index is 1.80. The molecule has 4 nitrogen and oxygen atoms in total.